The Bertz CT molecular complexity index is 1010. The van der Waals surface area contributed by atoms with Gasteiger partial charge in [0.15, 0.2) is 0 Å². The van der Waals surface area contributed by atoms with Gasteiger partial charge in [0.05, 0.1) is 6.04 Å². The minimum Gasteiger partial charge on any atom is -0.346 e. The van der Waals surface area contributed by atoms with E-state index in [0.29, 0.717) is 6.42 Å². The molecule has 0 spiro atoms. The Hall–Kier alpha value is -2.81. The Kier molecular flexibility index (Phi) is 5.79. The first-order valence-corrected chi connectivity index (χ1v) is 11.3. The number of anilines is 1. The fourth-order valence-electron chi connectivity index (χ4n) is 5.29. The summed E-state index contributed by atoms with van der Waals surface area (Å²) in [6.45, 7) is 11.6. The largest absolute Gasteiger partial charge is 0.346 e. The molecule has 2 aliphatic heterocycles. The van der Waals surface area contributed by atoms with Gasteiger partial charge in [0, 0.05) is 24.1 Å². The van der Waals surface area contributed by atoms with E-state index >= 15 is 0 Å². The molecule has 0 aromatic heterocycles. The van der Waals surface area contributed by atoms with Crippen LogP contribution in [0, 0.1) is 0 Å². The number of rotatable bonds is 6. The van der Waals surface area contributed by atoms with E-state index in [-0.39, 0.29) is 23.5 Å². The Morgan fingerprint density at radius 2 is 1.65 bits per heavy atom. The van der Waals surface area contributed by atoms with E-state index in [2.05, 4.69) is 105 Å². The first-order chi connectivity index (χ1) is 14.8. The number of hydrogen-bond donors (Lipinski definition) is 0. The molecule has 2 aliphatic rings. The lowest BCUT2D eigenvalue weighted by molar-refractivity contribution is -0.131. The van der Waals surface area contributed by atoms with Crippen LogP contribution >= 0.6 is 0 Å². The molecule has 3 heteroatoms. The minimum absolute atomic E-state index is 0.0128. The zero-order chi connectivity index (χ0) is 22.2. The van der Waals surface area contributed by atoms with Gasteiger partial charge in [-0.15, -0.1) is 0 Å². The highest BCUT2D eigenvalue weighted by Crippen LogP contribution is 2.56. The van der Waals surface area contributed by atoms with Gasteiger partial charge in [-0.3, -0.25) is 4.79 Å². The van der Waals surface area contributed by atoms with E-state index in [0.717, 1.165) is 13.0 Å². The van der Waals surface area contributed by atoms with Gasteiger partial charge in [0.25, 0.3) is 0 Å². The molecule has 1 fully saturated rings. The number of benzene rings is 2. The summed E-state index contributed by atoms with van der Waals surface area (Å²) in [6.07, 6.45) is 6.05. The standard InChI is InChI=1S/C28H34N2O/c1-20(2)15-17-28-19-26(31)30(22(5)23-11-7-6-8-12-23)27(28)29(18-16-21(3)4)25-14-10-9-13-24(25)28/h6-16,22,27H,17-19H2,1-5H3/t22-,27-,28-/m0/s1. The van der Waals surface area contributed by atoms with Crippen LogP contribution in [0.1, 0.15) is 64.6 Å². The second-order valence-electron chi connectivity index (χ2n) is 9.53. The van der Waals surface area contributed by atoms with Crippen molar-refractivity contribution in [1.82, 2.24) is 4.90 Å². The molecule has 3 nitrogen and oxygen atoms in total. The lowest BCUT2D eigenvalue weighted by atomic mass is 9.76. The van der Waals surface area contributed by atoms with Crippen LogP contribution in [0.5, 0.6) is 0 Å². The minimum atomic E-state index is -0.219. The SMILES string of the molecule is CC(C)=CCN1c2ccccc2[C@]2(CC=C(C)C)CC(=O)N([C@@H](C)c3ccccc3)[C@H]12. The Morgan fingerprint density at radius 3 is 2.32 bits per heavy atom. The third-order valence-corrected chi connectivity index (χ3v) is 6.83. The van der Waals surface area contributed by atoms with Crippen molar-refractivity contribution in [3.63, 3.8) is 0 Å². The summed E-state index contributed by atoms with van der Waals surface area (Å²) in [5, 5.41) is 0. The van der Waals surface area contributed by atoms with Gasteiger partial charge in [0.1, 0.15) is 6.17 Å². The zero-order valence-electron chi connectivity index (χ0n) is 19.4. The first kappa shape index (κ1) is 21.4. The molecule has 1 amide bonds. The molecule has 1 saturated heterocycles. The van der Waals surface area contributed by atoms with Gasteiger partial charge in [-0.2, -0.15) is 0 Å². The molecular formula is C28H34N2O. The van der Waals surface area contributed by atoms with E-state index in [9.17, 15) is 4.79 Å². The predicted molar refractivity (Wildman–Crippen MR) is 129 cm³/mol. The summed E-state index contributed by atoms with van der Waals surface area (Å²) in [5.74, 6) is 0.250. The molecule has 2 heterocycles. The van der Waals surface area contributed by atoms with E-state index < -0.39 is 0 Å². The van der Waals surface area contributed by atoms with Crippen LogP contribution in [-0.4, -0.2) is 23.5 Å². The normalized spacial score (nSPS) is 22.7. The summed E-state index contributed by atoms with van der Waals surface area (Å²) < 4.78 is 0. The van der Waals surface area contributed by atoms with E-state index in [1.807, 2.05) is 6.07 Å². The fraction of sp³-hybridized carbons (Fsp3) is 0.393. The van der Waals surface area contributed by atoms with Crippen molar-refractivity contribution in [3.8, 4) is 0 Å². The summed E-state index contributed by atoms with van der Waals surface area (Å²) >= 11 is 0. The second-order valence-corrected chi connectivity index (χ2v) is 9.53. The van der Waals surface area contributed by atoms with Gasteiger partial charge in [-0.25, -0.2) is 0 Å². The lowest BCUT2D eigenvalue weighted by Gasteiger charge is -2.40. The highest BCUT2D eigenvalue weighted by molar-refractivity contribution is 5.86. The van der Waals surface area contributed by atoms with Crippen molar-refractivity contribution >= 4 is 11.6 Å². The van der Waals surface area contributed by atoms with E-state index in [1.165, 1.54) is 28.0 Å². The number of carbonyl (C=O) groups is 1. The number of nitrogens with zero attached hydrogens (tertiary/aromatic N) is 2. The number of hydrogen-bond acceptors (Lipinski definition) is 2. The number of amides is 1. The van der Waals surface area contributed by atoms with Crippen molar-refractivity contribution in [2.24, 2.45) is 0 Å². The smallest absolute Gasteiger partial charge is 0.225 e. The topological polar surface area (TPSA) is 23.6 Å². The fourth-order valence-corrected chi connectivity index (χ4v) is 5.29. The van der Waals surface area contributed by atoms with E-state index in [4.69, 9.17) is 0 Å². The number of likely N-dealkylation sites (tertiary alicyclic amines) is 1. The van der Waals surface area contributed by atoms with Crippen molar-refractivity contribution in [1.29, 1.82) is 0 Å². The Morgan fingerprint density at radius 1 is 1.00 bits per heavy atom. The van der Waals surface area contributed by atoms with Gasteiger partial charge in [-0.1, -0.05) is 71.8 Å². The van der Waals surface area contributed by atoms with Crippen LogP contribution in [0.25, 0.3) is 0 Å². The van der Waals surface area contributed by atoms with Crippen LogP contribution in [0.3, 0.4) is 0 Å². The second kappa shape index (κ2) is 8.37. The maximum atomic E-state index is 13.6. The molecule has 0 bridgehead atoms. The average Bonchev–Trinajstić information content (AvgIpc) is 3.19. The first-order valence-electron chi connectivity index (χ1n) is 11.3. The zero-order valence-corrected chi connectivity index (χ0v) is 19.4. The molecule has 4 rings (SSSR count). The molecule has 0 aliphatic carbocycles. The highest BCUT2D eigenvalue weighted by Gasteiger charge is 2.60. The van der Waals surface area contributed by atoms with Gasteiger partial charge in [0.2, 0.25) is 5.91 Å². The monoisotopic (exact) mass is 414 g/mol. The maximum Gasteiger partial charge on any atom is 0.225 e. The molecular weight excluding hydrogens is 380 g/mol. The molecule has 162 valence electrons. The molecule has 31 heavy (non-hydrogen) atoms. The van der Waals surface area contributed by atoms with E-state index in [1.54, 1.807) is 0 Å². The average molecular weight is 415 g/mol. The van der Waals surface area contributed by atoms with Crippen molar-refractivity contribution in [2.75, 3.05) is 11.4 Å². The highest BCUT2D eigenvalue weighted by atomic mass is 16.2. The van der Waals surface area contributed by atoms with Crippen molar-refractivity contribution in [2.45, 2.75) is 65.1 Å². The number of allylic oxidation sites excluding steroid dienone is 3. The number of fused-ring (bicyclic) bond motifs is 3. The molecule has 0 saturated carbocycles. The van der Waals surface area contributed by atoms with Crippen LogP contribution in [-0.2, 0) is 10.2 Å². The predicted octanol–water partition coefficient (Wildman–Crippen LogP) is 6.39. The van der Waals surface area contributed by atoms with Crippen LogP contribution in [0.4, 0.5) is 5.69 Å². The Balaban J connectivity index is 1.86. The quantitative estimate of drug-likeness (QED) is 0.512. The number of para-hydroxylation sites is 1. The summed E-state index contributed by atoms with van der Waals surface area (Å²) in [6, 6.07) is 19.2. The van der Waals surface area contributed by atoms with Crippen molar-refractivity contribution in [3.05, 3.63) is 89.0 Å². The molecule has 2 aromatic carbocycles. The van der Waals surface area contributed by atoms with Gasteiger partial charge >= 0.3 is 0 Å². The van der Waals surface area contributed by atoms with Gasteiger partial charge in [-0.05, 0) is 58.2 Å². The molecule has 0 radical (unpaired) electrons. The van der Waals surface area contributed by atoms with Crippen LogP contribution in [0.15, 0.2) is 77.9 Å². The maximum absolute atomic E-state index is 13.6. The lowest BCUT2D eigenvalue weighted by Crippen LogP contribution is -2.51. The molecule has 3 atom stereocenters. The molecule has 0 N–H and O–H groups in total. The number of carbonyl (C=O) groups excluding carboxylic acids is 1. The molecule has 0 unspecified atom stereocenters. The molecule has 2 aromatic rings. The van der Waals surface area contributed by atoms with Crippen LogP contribution < -0.4 is 4.90 Å². The van der Waals surface area contributed by atoms with Gasteiger partial charge < -0.3 is 9.80 Å². The summed E-state index contributed by atoms with van der Waals surface area (Å²) in [5.41, 5.74) is 6.15. The van der Waals surface area contributed by atoms with Crippen molar-refractivity contribution < 1.29 is 4.79 Å². The summed E-state index contributed by atoms with van der Waals surface area (Å²) in [4.78, 5) is 18.2. The third kappa shape index (κ3) is 3.71. The Labute approximate surface area is 187 Å². The third-order valence-electron chi connectivity index (χ3n) is 6.83. The van der Waals surface area contributed by atoms with Crippen LogP contribution in [0.2, 0.25) is 0 Å². The summed E-state index contributed by atoms with van der Waals surface area (Å²) in [7, 11) is 0.